The highest BCUT2D eigenvalue weighted by atomic mass is 16.5. The van der Waals surface area contributed by atoms with Crippen LogP contribution in [0.25, 0.3) is 0 Å². The first kappa shape index (κ1) is 15.6. The summed E-state index contributed by atoms with van der Waals surface area (Å²) in [5.41, 5.74) is 12.9. The molecule has 1 atom stereocenters. The molecule has 0 aliphatic carbocycles. The van der Waals surface area contributed by atoms with E-state index >= 15 is 0 Å². The Hall–Kier alpha value is -1.75. The molecule has 1 unspecified atom stereocenters. The third kappa shape index (κ3) is 3.47. The van der Waals surface area contributed by atoms with Gasteiger partial charge in [0, 0.05) is 24.0 Å². The molecule has 116 valence electrons. The van der Waals surface area contributed by atoms with E-state index in [1.54, 1.807) is 18.2 Å². The minimum Gasteiger partial charge on any atom is -0.399 e. The van der Waals surface area contributed by atoms with Gasteiger partial charge in [0.1, 0.15) is 0 Å². The van der Waals surface area contributed by atoms with Gasteiger partial charge < -0.3 is 21.5 Å². The monoisotopic (exact) mass is 291 g/mol. The van der Waals surface area contributed by atoms with E-state index in [1.807, 2.05) is 0 Å². The SMILES string of the molecule is CCC1(CC)CC(NC(=O)c2ccc(N)cc2N)CCO1. The number of nitrogen functional groups attached to an aromatic ring is 2. The van der Waals surface area contributed by atoms with Crippen LogP contribution in [-0.4, -0.2) is 24.2 Å². The van der Waals surface area contributed by atoms with Crippen LogP contribution in [0.4, 0.5) is 11.4 Å². The van der Waals surface area contributed by atoms with Crippen molar-refractivity contribution in [2.24, 2.45) is 0 Å². The molecule has 1 aromatic rings. The first-order valence-corrected chi connectivity index (χ1v) is 7.59. The molecule has 2 rings (SSSR count). The molecular formula is C16H25N3O2. The van der Waals surface area contributed by atoms with Crippen molar-refractivity contribution >= 4 is 17.3 Å². The molecule has 5 heteroatoms. The zero-order valence-corrected chi connectivity index (χ0v) is 12.8. The van der Waals surface area contributed by atoms with Crippen LogP contribution in [0.5, 0.6) is 0 Å². The highest BCUT2D eigenvalue weighted by molar-refractivity contribution is 5.99. The zero-order valence-electron chi connectivity index (χ0n) is 12.8. The van der Waals surface area contributed by atoms with E-state index in [0.29, 0.717) is 23.5 Å². The second-order valence-corrected chi connectivity index (χ2v) is 5.75. The molecule has 1 amide bonds. The molecule has 0 aromatic heterocycles. The fraction of sp³-hybridized carbons (Fsp3) is 0.562. The molecule has 1 saturated heterocycles. The first-order valence-electron chi connectivity index (χ1n) is 7.59. The average molecular weight is 291 g/mol. The number of nitrogens with one attached hydrogen (secondary N) is 1. The van der Waals surface area contributed by atoms with E-state index in [9.17, 15) is 4.79 Å². The van der Waals surface area contributed by atoms with Gasteiger partial charge in [-0.15, -0.1) is 0 Å². The maximum absolute atomic E-state index is 12.4. The highest BCUT2D eigenvalue weighted by Crippen LogP contribution is 2.31. The zero-order chi connectivity index (χ0) is 15.5. The number of amides is 1. The maximum Gasteiger partial charge on any atom is 0.253 e. The summed E-state index contributed by atoms with van der Waals surface area (Å²) in [6.07, 6.45) is 3.60. The van der Waals surface area contributed by atoms with Crippen LogP contribution in [0.3, 0.4) is 0 Å². The summed E-state index contributed by atoms with van der Waals surface area (Å²) in [6, 6.07) is 5.11. The summed E-state index contributed by atoms with van der Waals surface area (Å²) in [5, 5.41) is 3.08. The summed E-state index contributed by atoms with van der Waals surface area (Å²) in [7, 11) is 0. The highest BCUT2D eigenvalue weighted by Gasteiger charge is 2.35. The van der Waals surface area contributed by atoms with Crippen molar-refractivity contribution in [3.05, 3.63) is 23.8 Å². The Balaban J connectivity index is 2.05. The Bertz CT molecular complexity index is 512. The second kappa shape index (κ2) is 6.35. The topological polar surface area (TPSA) is 90.4 Å². The smallest absolute Gasteiger partial charge is 0.253 e. The van der Waals surface area contributed by atoms with Crippen LogP contribution in [0.1, 0.15) is 49.9 Å². The molecule has 21 heavy (non-hydrogen) atoms. The predicted molar refractivity (Wildman–Crippen MR) is 85.0 cm³/mol. The fourth-order valence-electron chi connectivity index (χ4n) is 2.94. The van der Waals surface area contributed by atoms with Crippen molar-refractivity contribution in [2.75, 3.05) is 18.1 Å². The Morgan fingerprint density at radius 2 is 2.10 bits per heavy atom. The van der Waals surface area contributed by atoms with Gasteiger partial charge in [-0.05, 0) is 43.9 Å². The molecule has 1 aliphatic rings. The van der Waals surface area contributed by atoms with Gasteiger partial charge in [-0.25, -0.2) is 0 Å². The summed E-state index contributed by atoms with van der Waals surface area (Å²) in [4.78, 5) is 12.4. The van der Waals surface area contributed by atoms with Crippen LogP contribution >= 0.6 is 0 Å². The van der Waals surface area contributed by atoms with Crippen molar-refractivity contribution in [2.45, 2.75) is 51.2 Å². The van der Waals surface area contributed by atoms with Gasteiger partial charge in [-0.2, -0.15) is 0 Å². The fourth-order valence-corrected chi connectivity index (χ4v) is 2.94. The van der Waals surface area contributed by atoms with Gasteiger partial charge in [0.2, 0.25) is 0 Å². The molecule has 1 fully saturated rings. The largest absolute Gasteiger partial charge is 0.399 e. The summed E-state index contributed by atoms with van der Waals surface area (Å²) >= 11 is 0. The maximum atomic E-state index is 12.4. The molecule has 1 aromatic carbocycles. The number of hydrogen-bond acceptors (Lipinski definition) is 4. The van der Waals surface area contributed by atoms with E-state index < -0.39 is 0 Å². The van der Waals surface area contributed by atoms with Crippen molar-refractivity contribution in [1.29, 1.82) is 0 Å². The van der Waals surface area contributed by atoms with Crippen LogP contribution in [0.2, 0.25) is 0 Å². The van der Waals surface area contributed by atoms with Gasteiger partial charge in [-0.3, -0.25) is 4.79 Å². The lowest BCUT2D eigenvalue weighted by atomic mass is 9.86. The Labute approximate surface area is 126 Å². The van der Waals surface area contributed by atoms with Crippen molar-refractivity contribution < 1.29 is 9.53 Å². The predicted octanol–water partition coefficient (Wildman–Crippen LogP) is 2.32. The Morgan fingerprint density at radius 3 is 2.71 bits per heavy atom. The van der Waals surface area contributed by atoms with Crippen LogP contribution in [0, 0.1) is 0 Å². The summed E-state index contributed by atoms with van der Waals surface area (Å²) in [6.45, 7) is 4.95. The summed E-state index contributed by atoms with van der Waals surface area (Å²) in [5.74, 6) is -0.138. The molecular weight excluding hydrogens is 266 g/mol. The first-order chi connectivity index (χ1) is 9.99. The lowest BCUT2D eigenvalue weighted by Crippen LogP contribution is -2.48. The minimum absolute atomic E-state index is 0.108. The van der Waals surface area contributed by atoms with Gasteiger partial charge in [0.05, 0.1) is 11.2 Å². The lowest BCUT2D eigenvalue weighted by Gasteiger charge is -2.40. The van der Waals surface area contributed by atoms with Crippen LogP contribution < -0.4 is 16.8 Å². The lowest BCUT2D eigenvalue weighted by molar-refractivity contribution is -0.0917. The number of carbonyl (C=O) groups excluding carboxylic acids is 1. The van der Waals surface area contributed by atoms with Gasteiger partial charge >= 0.3 is 0 Å². The van der Waals surface area contributed by atoms with Gasteiger partial charge in [0.15, 0.2) is 0 Å². The number of nitrogens with two attached hydrogens (primary N) is 2. The molecule has 0 spiro atoms. The molecule has 1 heterocycles. The number of ether oxygens (including phenoxy) is 1. The van der Waals surface area contributed by atoms with E-state index in [0.717, 1.165) is 25.7 Å². The van der Waals surface area contributed by atoms with Crippen LogP contribution in [-0.2, 0) is 4.74 Å². The van der Waals surface area contributed by atoms with Crippen molar-refractivity contribution in [3.8, 4) is 0 Å². The normalized spacial score (nSPS) is 21.0. The third-order valence-electron chi connectivity index (χ3n) is 4.44. The van der Waals surface area contributed by atoms with Crippen molar-refractivity contribution in [3.63, 3.8) is 0 Å². The number of rotatable bonds is 4. The quantitative estimate of drug-likeness (QED) is 0.743. The molecule has 5 nitrogen and oxygen atoms in total. The van der Waals surface area contributed by atoms with E-state index in [2.05, 4.69) is 19.2 Å². The number of hydrogen-bond donors (Lipinski definition) is 3. The third-order valence-corrected chi connectivity index (χ3v) is 4.44. The molecule has 5 N–H and O–H groups in total. The van der Waals surface area contributed by atoms with Gasteiger partial charge in [0.25, 0.3) is 5.91 Å². The van der Waals surface area contributed by atoms with Crippen LogP contribution in [0.15, 0.2) is 18.2 Å². The van der Waals surface area contributed by atoms with E-state index in [4.69, 9.17) is 16.2 Å². The molecule has 1 aliphatic heterocycles. The van der Waals surface area contributed by atoms with E-state index in [1.165, 1.54) is 0 Å². The number of carbonyl (C=O) groups is 1. The average Bonchev–Trinajstić information content (AvgIpc) is 2.47. The molecule has 0 saturated carbocycles. The molecule has 0 radical (unpaired) electrons. The minimum atomic E-state index is -0.138. The molecule has 0 bridgehead atoms. The summed E-state index contributed by atoms with van der Waals surface area (Å²) < 4.78 is 5.93. The standard InChI is InChI=1S/C16H25N3O2/c1-3-16(4-2)10-12(7-8-21-16)19-15(20)13-6-5-11(17)9-14(13)18/h5-6,9,12H,3-4,7-8,10,17-18H2,1-2H3,(H,19,20). The number of anilines is 2. The van der Waals surface area contributed by atoms with Gasteiger partial charge in [-0.1, -0.05) is 13.8 Å². The Morgan fingerprint density at radius 1 is 1.38 bits per heavy atom. The number of benzene rings is 1. The Kier molecular flexibility index (Phi) is 4.73. The second-order valence-electron chi connectivity index (χ2n) is 5.75. The van der Waals surface area contributed by atoms with E-state index in [-0.39, 0.29) is 17.6 Å². The van der Waals surface area contributed by atoms with Crippen molar-refractivity contribution in [1.82, 2.24) is 5.32 Å².